The fourth-order valence-corrected chi connectivity index (χ4v) is 2.73. The topological polar surface area (TPSA) is 68.8 Å². The number of fused-ring (bicyclic) bond motifs is 1. The summed E-state index contributed by atoms with van der Waals surface area (Å²) in [5.74, 6) is -0.519. The summed E-state index contributed by atoms with van der Waals surface area (Å²) in [6.07, 6.45) is -1.84. The third kappa shape index (κ3) is 2.65. The normalized spacial score (nSPS) is 15.5. The van der Waals surface area contributed by atoms with E-state index in [1.54, 1.807) is 20.8 Å². The summed E-state index contributed by atoms with van der Waals surface area (Å²) in [6.45, 7) is 5.66. The second-order valence-electron chi connectivity index (χ2n) is 6.58. The minimum Gasteiger partial charge on any atom is -0.277 e. The molecule has 0 aliphatic carbocycles. The lowest BCUT2D eigenvalue weighted by Gasteiger charge is -2.27. The van der Waals surface area contributed by atoms with Crippen molar-refractivity contribution >= 4 is 11.9 Å². The number of rotatable bonds is 1. The average molecular weight is 342 g/mol. The number of halogens is 3. The van der Waals surface area contributed by atoms with Crippen LogP contribution in [0.15, 0.2) is 12.5 Å². The Morgan fingerprint density at radius 1 is 1.17 bits per heavy atom. The van der Waals surface area contributed by atoms with E-state index in [9.17, 15) is 18.0 Å². The second kappa shape index (κ2) is 5.32. The predicted molar refractivity (Wildman–Crippen MR) is 78.5 cm³/mol. The molecule has 7 nitrogen and oxygen atoms in total. The van der Waals surface area contributed by atoms with Gasteiger partial charge in [-0.25, -0.2) is 4.68 Å². The highest BCUT2D eigenvalue weighted by atomic mass is 19.4. The van der Waals surface area contributed by atoms with E-state index in [2.05, 4.69) is 15.2 Å². The van der Waals surface area contributed by atoms with Crippen LogP contribution in [-0.4, -0.2) is 37.0 Å². The third-order valence-electron chi connectivity index (χ3n) is 3.74. The van der Waals surface area contributed by atoms with Gasteiger partial charge in [-0.05, 0) is 27.2 Å². The largest absolute Gasteiger partial charge is 0.433 e. The van der Waals surface area contributed by atoms with Gasteiger partial charge in [-0.15, -0.1) is 0 Å². The van der Waals surface area contributed by atoms with Gasteiger partial charge in [0.15, 0.2) is 5.69 Å². The summed E-state index contributed by atoms with van der Waals surface area (Å²) in [6, 6.07) is 0. The molecule has 130 valence electrons. The first-order valence-corrected chi connectivity index (χ1v) is 7.46. The number of aryl methyl sites for hydroxylation is 1. The van der Waals surface area contributed by atoms with E-state index in [0.29, 0.717) is 13.0 Å². The second-order valence-corrected chi connectivity index (χ2v) is 6.58. The molecule has 1 amide bonds. The Balaban J connectivity index is 2.08. The van der Waals surface area contributed by atoms with Crippen molar-refractivity contribution in [2.75, 3.05) is 11.4 Å². The van der Waals surface area contributed by atoms with Crippen molar-refractivity contribution in [3.05, 3.63) is 23.8 Å². The number of aromatic nitrogens is 5. The van der Waals surface area contributed by atoms with Crippen molar-refractivity contribution < 1.29 is 18.0 Å². The van der Waals surface area contributed by atoms with Crippen molar-refractivity contribution in [2.45, 2.75) is 45.5 Å². The molecule has 2 aromatic heterocycles. The Morgan fingerprint density at radius 2 is 1.88 bits per heavy atom. The lowest BCUT2D eigenvalue weighted by Crippen LogP contribution is -2.39. The first-order chi connectivity index (χ1) is 11.1. The molecule has 0 fully saturated rings. The summed E-state index contributed by atoms with van der Waals surface area (Å²) < 4.78 is 43.1. The summed E-state index contributed by atoms with van der Waals surface area (Å²) in [5.41, 5.74) is -2.43. The van der Waals surface area contributed by atoms with Crippen LogP contribution < -0.4 is 4.90 Å². The Labute approximate surface area is 136 Å². The van der Waals surface area contributed by atoms with Gasteiger partial charge in [0.1, 0.15) is 6.33 Å². The maximum Gasteiger partial charge on any atom is 0.433 e. The van der Waals surface area contributed by atoms with Crippen molar-refractivity contribution in [3.63, 3.8) is 0 Å². The number of anilines is 1. The summed E-state index contributed by atoms with van der Waals surface area (Å²) in [7, 11) is 0. The van der Waals surface area contributed by atoms with Crippen LogP contribution >= 0.6 is 0 Å². The summed E-state index contributed by atoms with van der Waals surface area (Å²) in [4.78, 5) is 18.0. The maximum atomic E-state index is 13.6. The van der Waals surface area contributed by atoms with Gasteiger partial charge in [-0.3, -0.25) is 14.4 Å². The molecule has 0 bridgehead atoms. The van der Waals surface area contributed by atoms with E-state index in [-0.39, 0.29) is 12.5 Å². The zero-order valence-corrected chi connectivity index (χ0v) is 13.5. The molecule has 0 saturated carbocycles. The zero-order valence-electron chi connectivity index (χ0n) is 13.5. The van der Waals surface area contributed by atoms with Crippen LogP contribution in [0.25, 0.3) is 0 Å². The highest BCUT2D eigenvalue weighted by molar-refractivity contribution is 6.06. The van der Waals surface area contributed by atoms with Gasteiger partial charge in [-0.1, -0.05) is 0 Å². The number of nitrogens with zero attached hydrogens (tertiary/aromatic N) is 6. The van der Waals surface area contributed by atoms with E-state index in [1.807, 2.05) is 0 Å². The molecule has 0 aromatic carbocycles. The summed E-state index contributed by atoms with van der Waals surface area (Å²) >= 11 is 0. The van der Waals surface area contributed by atoms with E-state index in [1.165, 1.54) is 15.9 Å². The van der Waals surface area contributed by atoms with Crippen LogP contribution in [0.1, 0.15) is 43.2 Å². The van der Waals surface area contributed by atoms with Gasteiger partial charge in [0.2, 0.25) is 5.95 Å². The van der Waals surface area contributed by atoms with Crippen LogP contribution in [0.4, 0.5) is 19.1 Å². The zero-order chi connectivity index (χ0) is 17.7. The van der Waals surface area contributed by atoms with Crippen LogP contribution in [0.2, 0.25) is 0 Å². The van der Waals surface area contributed by atoms with E-state index >= 15 is 0 Å². The highest BCUT2D eigenvalue weighted by Crippen LogP contribution is 2.36. The molecule has 0 atom stereocenters. The number of hydrogen-bond donors (Lipinski definition) is 0. The van der Waals surface area contributed by atoms with Crippen LogP contribution in [0.3, 0.4) is 0 Å². The predicted octanol–water partition coefficient (Wildman–Crippen LogP) is 2.30. The summed E-state index contributed by atoms with van der Waals surface area (Å²) in [5, 5.41) is 7.79. The minimum atomic E-state index is -4.70. The molecule has 0 saturated heterocycles. The fraction of sp³-hybridized carbons (Fsp3) is 0.571. The van der Waals surface area contributed by atoms with E-state index in [0.717, 1.165) is 10.9 Å². The molecule has 3 heterocycles. The van der Waals surface area contributed by atoms with Gasteiger partial charge in [-0.2, -0.15) is 28.4 Å². The van der Waals surface area contributed by atoms with E-state index < -0.39 is 28.9 Å². The third-order valence-corrected chi connectivity index (χ3v) is 3.74. The van der Waals surface area contributed by atoms with Gasteiger partial charge >= 0.3 is 6.18 Å². The Kier molecular flexibility index (Phi) is 3.65. The monoisotopic (exact) mass is 342 g/mol. The van der Waals surface area contributed by atoms with Gasteiger partial charge in [0, 0.05) is 13.1 Å². The van der Waals surface area contributed by atoms with Crippen molar-refractivity contribution in [2.24, 2.45) is 0 Å². The lowest BCUT2D eigenvalue weighted by atomic mass is 10.1. The Hall–Kier alpha value is -2.39. The number of hydrogen-bond acceptors (Lipinski definition) is 4. The fourth-order valence-electron chi connectivity index (χ4n) is 2.73. The first-order valence-electron chi connectivity index (χ1n) is 7.46. The molecule has 3 rings (SSSR count). The molecule has 2 aromatic rings. The first kappa shape index (κ1) is 16.5. The SMILES string of the molecule is CC(C)(C)n1ncc(C(=O)N2CCCn3ncnc32)c1C(F)(F)F. The Morgan fingerprint density at radius 3 is 2.50 bits per heavy atom. The van der Waals surface area contributed by atoms with Gasteiger partial charge < -0.3 is 0 Å². The smallest absolute Gasteiger partial charge is 0.277 e. The van der Waals surface area contributed by atoms with E-state index in [4.69, 9.17) is 0 Å². The average Bonchev–Trinajstić information content (AvgIpc) is 3.11. The molecular formula is C14H17F3N6O. The molecule has 0 N–H and O–H groups in total. The molecule has 24 heavy (non-hydrogen) atoms. The van der Waals surface area contributed by atoms with Crippen LogP contribution in [0, 0.1) is 0 Å². The van der Waals surface area contributed by atoms with Crippen LogP contribution in [0.5, 0.6) is 0 Å². The number of carbonyl (C=O) groups excluding carboxylic acids is 1. The molecule has 0 radical (unpaired) electrons. The lowest BCUT2D eigenvalue weighted by molar-refractivity contribution is -0.146. The van der Waals surface area contributed by atoms with Gasteiger partial charge in [0.05, 0.1) is 17.3 Å². The molecule has 0 unspecified atom stereocenters. The van der Waals surface area contributed by atoms with Crippen molar-refractivity contribution in [3.8, 4) is 0 Å². The molecule has 0 spiro atoms. The molecule has 1 aliphatic heterocycles. The standard InChI is InChI=1S/C14H17F3N6O/c1-13(2,3)23-10(14(15,16)17)9(7-19-23)11(24)21-5-4-6-22-12(21)18-8-20-22/h7-8H,4-6H2,1-3H3. The molecule has 1 aliphatic rings. The highest BCUT2D eigenvalue weighted by Gasteiger charge is 2.43. The van der Waals surface area contributed by atoms with Crippen molar-refractivity contribution in [1.82, 2.24) is 24.5 Å². The maximum absolute atomic E-state index is 13.6. The Bertz CT molecular complexity index is 770. The minimum absolute atomic E-state index is 0.253. The molecular weight excluding hydrogens is 325 g/mol. The number of carbonyl (C=O) groups is 1. The number of amides is 1. The van der Waals surface area contributed by atoms with Gasteiger partial charge in [0.25, 0.3) is 5.91 Å². The quantitative estimate of drug-likeness (QED) is 0.797. The van der Waals surface area contributed by atoms with Crippen molar-refractivity contribution in [1.29, 1.82) is 0 Å². The molecule has 10 heteroatoms. The van der Waals surface area contributed by atoms with Crippen LogP contribution in [-0.2, 0) is 18.3 Å². The number of alkyl halides is 3.